The van der Waals surface area contributed by atoms with Gasteiger partial charge in [-0.3, -0.25) is 9.59 Å². The van der Waals surface area contributed by atoms with Gasteiger partial charge in [-0.2, -0.15) is 0 Å². The van der Waals surface area contributed by atoms with Gasteiger partial charge in [0.25, 0.3) is 5.91 Å². The highest BCUT2D eigenvalue weighted by Crippen LogP contribution is 2.26. The van der Waals surface area contributed by atoms with Gasteiger partial charge in [0.1, 0.15) is 11.8 Å². The second-order valence-electron chi connectivity index (χ2n) is 10.0. The molecule has 0 unspecified atom stereocenters. The van der Waals surface area contributed by atoms with E-state index in [4.69, 9.17) is 39.5 Å². The average molecular weight is 588 g/mol. The van der Waals surface area contributed by atoms with Crippen molar-refractivity contribution in [1.29, 1.82) is 0 Å². The number of rotatable bonds is 10. The Kier molecular flexibility index (Phi) is 10.6. The summed E-state index contributed by atoms with van der Waals surface area (Å²) in [6.07, 6.45) is 5.63. The molecule has 1 saturated carbocycles. The number of amides is 2. The number of nitrogens with zero attached hydrogens (tertiary/aromatic N) is 1. The van der Waals surface area contributed by atoms with Gasteiger partial charge >= 0.3 is 0 Å². The summed E-state index contributed by atoms with van der Waals surface area (Å²) < 4.78 is 5.87. The Balaban J connectivity index is 1.63. The van der Waals surface area contributed by atoms with Crippen LogP contribution in [0.1, 0.15) is 48.8 Å². The molecular formula is C31H33Cl3N2O3. The largest absolute Gasteiger partial charge is 0.484 e. The van der Waals surface area contributed by atoms with Gasteiger partial charge in [-0.25, -0.2) is 0 Å². The first-order valence-electron chi connectivity index (χ1n) is 13.3. The minimum absolute atomic E-state index is 0.111. The molecule has 8 heteroatoms. The monoisotopic (exact) mass is 586 g/mol. The van der Waals surface area contributed by atoms with Crippen molar-refractivity contribution in [3.8, 4) is 5.75 Å². The van der Waals surface area contributed by atoms with Crippen LogP contribution in [-0.4, -0.2) is 35.4 Å². The molecule has 39 heavy (non-hydrogen) atoms. The molecule has 0 bridgehead atoms. The van der Waals surface area contributed by atoms with Crippen molar-refractivity contribution in [2.24, 2.45) is 0 Å². The number of hydrogen-bond acceptors (Lipinski definition) is 3. The van der Waals surface area contributed by atoms with Gasteiger partial charge in [-0.1, -0.05) is 90.5 Å². The zero-order valence-corrected chi connectivity index (χ0v) is 24.2. The molecule has 3 aromatic rings. The number of halogens is 3. The Labute approximate surface area is 245 Å². The van der Waals surface area contributed by atoms with Crippen molar-refractivity contribution >= 4 is 46.6 Å². The highest BCUT2D eigenvalue weighted by Gasteiger charge is 2.32. The first-order chi connectivity index (χ1) is 18.8. The third-order valence-electron chi connectivity index (χ3n) is 7.05. The van der Waals surface area contributed by atoms with Gasteiger partial charge < -0.3 is 15.0 Å². The summed E-state index contributed by atoms with van der Waals surface area (Å²) in [6, 6.07) is 19.6. The molecule has 1 N–H and O–H groups in total. The molecule has 1 aliphatic rings. The molecule has 0 spiro atoms. The van der Waals surface area contributed by atoms with Crippen LogP contribution in [0.3, 0.4) is 0 Å². The Bertz CT molecular complexity index is 1280. The van der Waals surface area contributed by atoms with Gasteiger partial charge in [0.15, 0.2) is 6.61 Å². The summed E-state index contributed by atoms with van der Waals surface area (Å²) in [7, 11) is 0. The van der Waals surface area contributed by atoms with E-state index >= 15 is 0 Å². The van der Waals surface area contributed by atoms with Crippen molar-refractivity contribution in [3.05, 3.63) is 98.5 Å². The standard InChI is InChI=1S/C31H33Cl3N2O3/c1-21-16-25(13-15-26(21)32)39-20-30(37)36(19-23-12-14-27(33)28(34)17-23)29(18-22-8-4-2-5-9-22)31(38)35-24-10-6-3-7-11-24/h2,4-5,8-9,12-17,24,29H,3,6-7,10-11,18-20H2,1H3,(H,35,38)/t29-/m0/s1. The maximum Gasteiger partial charge on any atom is 0.261 e. The fourth-order valence-electron chi connectivity index (χ4n) is 4.87. The molecule has 0 heterocycles. The molecule has 1 atom stereocenters. The maximum atomic E-state index is 13.8. The van der Waals surface area contributed by atoms with Gasteiger partial charge in [0.2, 0.25) is 5.91 Å². The van der Waals surface area contributed by atoms with Crippen molar-refractivity contribution < 1.29 is 14.3 Å². The van der Waals surface area contributed by atoms with Crippen LogP contribution in [0, 0.1) is 6.92 Å². The van der Waals surface area contributed by atoms with Gasteiger partial charge in [0, 0.05) is 24.0 Å². The van der Waals surface area contributed by atoms with Crippen LogP contribution >= 0.6 is 34.8 Å². The highest BCUT2D eigenvalue weighted by molar-refractivity contribution is 6.42. The van der Waals surface area contributed by atoms with E-state index in [-0.39, 0.29) is 31.0 Å². The number of ether oxygens (including phenoxy) is 1. The molecule has 5 nitrogen and oxygen atoms in total. The minimum Gasteiger partial charge on any atom is -0.484 e. The predicted octanol–water partition coefficient (Wildman–Crippen LogP) is 7.42. The Hall–Kier alpha value is -2.73. The first-order valence-corrected chi connectivity index (χ1v) is 14.4. The van der Waals surface area contributed by atoms with Gasteiger partial charge in [0.05, 0.1) is 10.0 Å². The van der Waals surface area contributed by atoms with Crippen LogP contribution in [0.25, 0.3) is 0 Å². The quantitative estimate of drug-likeness (QED) is 0.268. The van der Waals surface area contributed by atoms with Crippen LogP contribution in [0.4, 0.5) is 0 Å². The van der Waals surface area contributed by atoms with E-state index < -0.39 is 6.04 Å². The number of carbonyl (C=O) groups is 2. The smallest absolute Gasteiger partial charge is 0.261 e. The van der Waals surface area contributed by atoms with E-state index in [1.165, 1.54) is 6.42 Å². The lowest BCUT2D eigenvalue weighted by atomic mass is 9.94. The third kappa shape index (κ3) is 8.38. The SMILES string of the molecule is Cc1cc(OCC(=O)N(Cc2ccc(Cl)c(Cl)c2)[C@@H](Cc2ccccc2)C(=O)NC2CCCCC2)ccc1Cl. The lowest BCUT2D eigenvalue weighted by Gasteiger charge is -2.33. The zero-order chi connectivity index (χ0) is 27.8. The maximum absolute atomic E-state index is 13.8. The van der Waals surface area contributed by atoms with Crippen molar-refractivity contribution in [2.45, 2.75) is 64.1 Å². The van der Waals surface area contributed by atoms with Crippen LogP contribution in [0.15, 0.2) is 66.7 Å². The molecule has 3 aromatic carbocycles. The highest BCUT2D eigenvalue weighted by atomic mass is 35.5. The van der Waals surface area contributed by atoms with E-state index in [1.807, 2.05) is 43.3 Å². The zero-order valence-electron chi connectivity index (χ0n) is 22.0. The fraction of sp³-hybridized carbons (Fsp3) is 0.355. The summed E-state index contributed by atoms with van der Waals surface area (Å²) in [5, 5.41) is 4.67. The number of carbonyl (C=O) groups excluding carboxylic acids is 2. The molecule has 1 aliphatic carbocycles. The van der Waals surface area contributed by atoms with E-state index in [0.717, 1.165) is 42.4 Å². The minimum atomic E-state index is -0.744. The van der Waals surface area contributed by atoms with Crippen molar-refractivity contribution in [3.63, 3.8) is 0 Å². The molecule has 206 valence electrons. The molecule has 0 radical (unpaired) electrons. The van der Waals surface area contributed by atoms with Gasteiger partial charge in [-0.05, 0) is 66.8 Å². The number of benzene rings is 3. The second kappa shape index (κ2) is 14.1. The van der Waals surface area contributed by atoms with Crippen LogP contribution in [0.5, 0.6) is 5.75 Å². The van der Waals surface area contributed by atoms with Crippen molar-refractivity contribution in [2.75, 3.05) is 6.61 Å². The number of hydrogen-bond donors (Lipinski definition) is 1. The van der Waals surface area contributed by atoms with Crippen LogP contribution in [-0.2, 0) is 22.6 Å². The van der Waals surface area contributed by atoms with E-state index in [1.54, 1.807) is 35.2 Å². The van der Waals surface area contributed by atoms with Gasteiger partial charge in [-0.15, -0.1) is 0 Å². The number of nitrogens with one attached hydrogen (secondary N) is 1. The molecule has 4 rings (SSSR count). The summed E-state index contributed by atoms with van der Waals surface area (Å²) in [5.74, 6) is 0.0564. The lowest BCUT2D eigenvalue weighted by Crippen LogP contribution is -2.53. The lowest BCUT2D eigenvalue weighted by molar-refractivity contribution is -0.143. The van der Waals surface area contributed by atoms with E-state index in [2.05, 4.69) is 5.32 Å². The van der Waals surface area contributed by atoms with E-state index in [0.29, 0.717) is 27.2 Å². The first kappa shape index (κ1) is 29.3. The Morgan fingerprint density at radius 3 is 2.31 bits per heavy atom. The molecule has 1 fully saturated rings. The molecule has 0 saturated heterocycles. The molecular weight excluding hydrogens is 555 g/mol. The predicted molar refractivity (Wildman–Crippen MR) is 158 cm³/mol. The second-order valence-corrected chi connectivity index (χ2v) is 11.2. The summed E-state index contributed by atoms with van der Waals surface area (Å²) >= 11 is 18.6. The number of aryl methyl sites for hydroxylation is 1. The van der Waals surface area contributed by atoms with Crippen molar-refractivity contribution in [1.82, 2.24) is 10.2 Å². The molecule has 0 aromatic heterocycles. The average Bonchev–Trinajstić information content (AvgIpc) is 2.94. The fourth-order valence-corrected chi connectivity index (χ4v) is 5.31. The van der Waals surface area contributed by atoms with Crippen LogP contribution < -0.4 is 10.1 Å². The summed E-state index contributed by atoms with van der Waals surface area (Å²) in [4.78, 5) is 29.2. The Morgan fingerprint density at radius 1 is 0.897 bits per heavy atom. The molecule has 0 aliphatic heterocycles. The summed E-state index contributed by atoms with van der Waals surface area (Å²) in [6.45, 7) is 1.82. The third-order valence-corrected chi connectivity index (χ3v) is 8.21. The summed E-state index contributed by atoms with van der Waals surface area (Å²) in [5.41, 5.74) is 2.58. The topological polar surface area (TPSA) is 58.6 Å². The normalized spacial score (nSPS) is 14.5. The Morgan fingerprint density at radius 2 is 1.62 bits per heavy atom. The molecule has 2 amide bonds. The van der Waals surface area contributed by atoms with E-state index in [9.17, 15) is 9.59 Å². The van der Waals surface area contributed by atoms with Crippen LogP contribution in [0.2, 0.25) is 15.1 Å².